The van der Waals surface area contributed by atoms with Crippen molar-refractivity contribution in [2.75, 3.05) is 13.1 Å². The quantitative estimate of drug-likeness (QED) is 0.385. The number of hydrogen-bond donors (Lipinski definition) is 2. The summed E-state index contributed by atoms with van der Waals surface area (Å²) in [5.41, 5.74) is 4.89. The third-order valence-electron chi connectivity index (χ3n) is 4.63. The molecule has 1 rings (SSSR count). The van der Waals surface area contributed by atoms with Crippen LogP contribution in [-0.4, -0.2) is 41.6 Å². The van der Waals surface area contributed by atoms with Crippen LogP contribution in [0.5, 0.6) is 0 Å². The van der Waals surface area contributed by atoms with Gasteiger partial charge in [0, 0.05) is 18.5 Å². The summed E-state index contributed by atoms with van der Waals surface area (Å²) >= 11 is 0. The molecule has 6 nitrogen and oxygen atoms in total. The minimum atomic E-state index is -0.681. The Balaban J connectivity index is 2.57. The van der Waals surface area contributed by atoms with Gasteiger partial charge >= 0.3 is 0 Å². The van der Waals surface area contributed by atoms with E-state index in [4.69, 9.17) is 0 Å². The minimum Gasteiger partial charge on any atom is -0.324 e. The molecule has 0 spiro atoms. The highest BCUT2D eigenvalue weighted by Crippen LogP contribution is 2.25. The summed E-state index contributed by atoms with van der Waals surface area (Å²) < 4.78 is 0. The molecule has 23 heavy (non-hydrogen) atoms. The van der Waals surface area contributed by atoms with Crippen molar-refractivity contribution in [2.45, 2.75) is 72.3 Å². The van der Waals surface area contributed by atoms with Crippen LogP contribution in [0.15, 0.2) is 0 Å². The number of rotatable bonds is 9. The van der Waals surface area contributed by atoms with Crippen LogP contribution < -0.4 is 10.9 Å². The number of hydrogen-bond acceptors (Lipinski definition) is 4. The van der Waals surface area contributed by atoms with E-state index in [1.165, 1.54) is 4.90 Å². The van der Waals surface area contributed by atoms with Gasteiger partial charge in [-0.25, -0.2) is 5.43 Å². The van der Waals surface area contributed by atoms with Crippen LogP contribution in [0.2, 0.25) is 0 Å². The zero-order valence-corrected chi connectivity index (χ0v) is 14.9. The smallest absolute Gasteiger partial charge is 0.291 e. The summed E-state index contributed by atoms with van der Waals surface area (Å²) in [6, 6.07) is -0.544. The zero-order chi connectivity index (χ0) is 17.5. The van der Waals surface area contributed by atoms with E-state index in [0.29, 0.717) is 25.9 Å². The van der Waals surface area contributed by atoms with Crippen molar-refractivity contribution in [3.05, 3.63) is 0 Å². The molecule has 1 aliphatic rings. The largest absolute Gasteiger partial charge is 0.324 e. The summed E-state index contributed by atoms with van der Waals surface area (Å²) in [5, 5.41) is 0. The van der Waals surface area contributed by atoms with Gasteiger partial charge in [-0.1, -0.05) is 40.5 Å². The Morgan fingerprint density at radius 1 is 1.17 bits per heavy atom. The van der Waals surface area contributed by atoms with E-state index in [-0.39, 0.29) is 5.91 Å². The first-order valence-corrected chi connectivity index (χ1v) is 8.73. The van der Waals surface area contributed by atoms with Crippen molar-refractivity contribution in [3.8, 4) is 0 Å². The van der Waals surface area contributed by atoms with Gasteiger partial charge < -0.3 is 4.90 Å². The molecular formula is C17H31N3O3. The van der Waals surface area contributed by atoms with Crippen molar-refractivity contribution >= 4 is 17.6 Å². The highest BCUT2D eigenvalue weighted by molar-refractivity contribution is 6.38. The SMILES string of the molecule is CCCCCNNC(=O)C1CCCN1C(=O)C(=O)C(C)(C)CC. The number of nitrogens with zero attached hydrogens (tertiary/aromatic N) is 1. The lowest BCUT2D eigenvalue weighted by molar-refractivity contribution is -0.151. The number of amides is 2. The molecule has 0 saturated carbocycles. The Morgan fingerprint density at radius 3 is 2.48 bits per heavy atom. The van der Waals surface area contributed by atoms with Gasteiger partial charge in [0.05, 0.1) is 0 Å². The molecule has 132 valence electrons. The molecule has 0 bridgehead atoms. The maximum absolute atomic E-state index is 12.5. The molecule has 1 aliphatic heterocycles. The van der Waals surface area contributed by atoms with Gasteiger partial charge in [-0.3, -0.25) is 19.8 Å². The fourth-order valence-corrected chi connectivity index (χ4v) is 2.56. The fourth-order valence-electron chi connectivity index (χ4n) is 2.56. The lowest BCUT2D eigenvalue weighted by Gasteiger charge is -2.27. The Bertz CT molecular complexity index is 435. The molecule has 2 amide bonds. The third kappa shape index (κ3) is 5.30. The molecule has 1 unspecified atom stereocenters. The average molecular weight is 325 g/mol. The summed E-state index contributed by atoms with van der Waals surface area (Å²) in [6.07, 6.45) is 5.18. The second-order valence-corrected chi connectivity index (χ2v) is 6.85. The lowest BCUT2D eigenvalue weighted by atomic mass is 9.84. The maximum atomic E-state index is 12.5. The van der Waals surface area contributed by atoms with Gasteiger partial charge in [-0.05, 0) is 25.7 Å². The molecule has 0 aromatic carbocycles. The Hall–Kier alpha value is -1.43. The van der Waals surface area contributed by atoms with Crippen LogP contribution >= 0.6 is 0 Å². The zero-order valence-electron chi connectivity index (χ0n) is 14.9. The van der Waals surface area contributed by atoms with Gasteiger partial charge in [-0.2, -0.15) is 0 Å². The molecule has 0 aromatic rings. The summed E-state index contributed by atoms with van der Waals surface area (Å²) in [6.45, 7) is 8.73. The first kappa shape index (κ1) is 19.6. The number of carbonyl (C=O) groups is 3. The molecule has 1 fully saturated rings. The van der Waals surface area contributed by atoms with E-state index in [2.05, 4.69) is 17.8 Å². The van der Waals surface area contributed by atoms with Crippen molar-refractivity contribution in [1.29, 1.82) is 0 Å². The minimum absolute atomic E-state index is 0.227. The Kier molecular flexibility index (Phi) is 7.68. The summed E-state index contributed by atoms with van der Waals surface area (Å²) in [4.78, 5) is 38.5. The predicted molar refractivity (Wildman–Crippen MR) is 89.5 cm³/mol. The number of hydrazine groups is 1. The van der Waals surface area contributed by atoms with Gasteiger partial charge in [0.2, 0.25) is 5.78 Å². The van der Waals surface area contributed by atoms with E-state index in [1.807, 2.05) is 6.92 Å². The molecule has 1 atom stereocenters. The normalized spacial score (nSPS) is 18.1. The maximum Gasteiger partial charge on any atom is 0.291 e. The number of ketones is 1. The van der Waals surface area contributed by atoms with Gasteiger partial charge in [0.1, 0.15) is 6.04 Å². The van der Waals surface area contributed by atoms with Crippen molar-refractivity contribution in [2.24, 2.45) is 5.41 Å². The summed E-state index contributed by atoms with van der Waals surface area (Å²) in [7, 11) is 0. The second kappa shape index (κ2) is 9.01. The third-order valence-corrected chi connectivity index (χ3v) is 4.63. The van der Waals surface area contributed by atoms with Crippen LogP contribution in [0.3, 0.4) is 0 Å². The molecule has 0 aliphatic carbocycles. The standard InChI is InChI=1S/C17H31N3O3/c1-5-7-8-11-18-19-15(22)13-10-9-12-20(13)16(23)14(21)17(3,4)6-2/h13,18H,5-12H2,1-4H3,(H,19,22). The first-order valence-electron chi connectivity index (χ1n) is 8.73. The number of Topliss-reactive ketones (excluding diaryl/α,β-unsaturated/α-hetero) is 1. The fraction of sp³-hybridized carbons (Fsp3) is 0.824. The average Bonchev–Trinajstić information content (AvgIpc) is 3.02. The molecule has 6 heteroatoms. The number of carbonyl (C=O) groups excluding carboxylic acids is 3. The highest BCUT2D eigenvalue weighted by Gasteiger charge is 2.41. The van der Waals surface area contributed by atoms with Crippen LogP contribution in [0, 0.1) is 5.41 Å². The monoisotopic (exact) mass is 325 g/mol. The van der Waals surface area contributed by atoms with Crippen molar-refractivity contribution < 1.29 is 14.4 Å². The van der Waals surface area contributed by atoms with E-state index in [9.17, 15) is 14.4 Å². The van der Waals surface area contributed by atoms with Crippen LogP contribution in [0.25, 0.3) is 0 Å². The first-order chi connectivity index (χ1) is 10.8. The second-order valence-electron chi connectivity index (χ2n) is 6.85. The highest BCUT2D eigenvalue weighted by atomic mass is 16.2. The Labute approximate surface area is 139 Å². The number of unbranched alkanes of at least 4 members (excludes halogenated alkanes) is 2. The molecule has 2 N–H and O–H groups in total. The van der Waals surface area contributed by atoms with E-state index in [1.54, 1.807) is 13.8 Å². The summed E-state index contributed by atoms with van der Waals surface area (Å²) in [5.74, 6) is -1.16. The van der Waals surface area contributed by atoms with Crippen molar-refractivity contribution in [3.63, 3.8) is 0 Å². The van der Waals surface area contributed by atoms with Crippen molar-refractivity contribution in [1.82, 2.24) is 15.8 Å². The van der Waals surface area contributed by atoms with E-state index in [0.717, 1.165) is 25.7 Å². The molecule has 1 saturated heterocycles. The predicted octanol–water partition coefficient (Wildman–Crippen LogP) is 1.79. The van der Waals surface area contributed by atoms with Crippen LogP contribution in [-0.2, 0) is 14.4 Å². The Morgan fingerprint density at radius 2 is 1.87 bits per heavy atom. The number of likely N-dealkylation sites (tertiary alicyclic amines) is 1. The van der Waals surface area contributed by atoms with E-state index < -0.39 is 23.1 Å². The van der Waals surface area contributed by atoms with Crippen LogP contribution in [0.4, 0.5) is 0 Å². The molecule has 1 heterocycles. The van der Waals surface area contributed by atoms with Gasteiger partial charge in [0.25, 0.3) is 11.8 Å². The van der Waals surface area contributed by atoms with Gasteiger partial charge in [0.15, 0.2) is 0 Å². The lowest BCUT2D eigenvalue weighted by Crippen LogP contribution is -2.53. The molecular weight excluding hydrogens is 294 g/mol. The van der Waals surface area contributed by atoms with Gasteiger partial charge in [-0.15, -0.1) is 0 Å². The molecule has 0 radical (unpaired) electrons. The topological polar surface area (TPSA) is 78.5 Å². The number of nitrogens with one attached hydrogen (secondary N) is 2. The molecule has 0 aromatic heterocycles. The van der Waals surface area contributed by atoms with E-state index >= 15 is 0 Å². The van der Waals surface area contributed by atoms with Crippen LogP contribution in [0.1, 0.15) is 66.2 Å².